The molecule has 2 aromatic carbocycles. The van der Waals surface area contributed by atoms with Crippen LogP contribution in [0.25, 0.3) is 5.69 Å². The van der Waals surface area contributed by atoms with Gasteiger partial charge in [-0.25, -0.2) is 4.68 Å². The van der Waals surface area contributed by atoms with E-state index in [2.05, 4.69) is 73.4 Å². The molecule has 2 heterocycles. The zero-order chi connectivity index (χ0) is 27.8. The molecule has 7 nitrogen and oxygen atoms in total. The van der Waals surface area contributed by atoms with Crippen molar-refractivity contribution in [2.45, 2.75) is 66.5 Å². The lowest BCUT2D eigenvalue weighted by Crippen LogP contribution is -2.47. The second kappa shape index (κ2) is 13.7. The molecule has 0 spiro atoms. The minimum Gasteiger partial charge on any atom is -0.494 e. The third-order valence-corrected chi connectivity index (χ3v) is 7.86. The summed E-state index contributed by atoms with van der Waals surface area (Å²) in [5, 5.41) is 5.02. The number of carbonyl (C=O) groups is 1. The fraction of sp³-hybridized carbons (Fsp3) is 0.500. The van der Waals surface area contributed by atoms with Gasteiger partial charge in [-0.1, -0.05) is 45.4 Å². The number of aromatic nitrogens is 2. The average Bonchev–Trinajstić information content (AvgIpc) is 3.31. The highest BCUT2D eigenvalue weighted by molar-refractivity contribution is 5.94. The smallest absolute Gasteiger partial charge is 0.254 e. The van der Waals surface area contributed by atoms with E-state index in [1.807, 2.05) is 35.2 Å². The third kappa shape index (κ3) is 6.82. The first-order valence-electron chi connectivity index (χ1n) is 14.6. The first-order valence-corrected chi connectivity index (χ1v) is 14.6. The first kappa shape index (κ1) is 28.7. The van der Waals surface area contributed by atoms with Gasteiger partial charge in [0.1, 0.15) is 11.6 Å². The molecule has 0 radical (unpaired) electrons. The Kier molecular flexibility index (Phi) is 10.0. The lowest BCUT2D eigenvalue weighted by Gasteiger charge is -2.37. The Hall–Kier alpha value is -3.32. The van der Waals surface area contributed by atoms with Crippen molar-refractivity contribution < 1.29 is 9.53 Å². The number of rotatable bonds is 12. The zero-order valence-corrected chi connectivity index (χ0v) is 24.4. The third-order valence-electron chi connectivity index (χ3n) is 7.86. The van der Waals surface area contributed by atoms with E-state index in [1.165, 1.54) is 0 Å². The molecule has 0 saturated carbocycles. The van der Waals surface area contributed by atoms with Crippen LogP contribution in [0.4, 0.5) is 5.82 Å². The molecule has 1 atom stereocenters. The SMILES string of the molecule is CCCCOc1ccc(C(=O)N(Cc2c(C)nn(-c3ccccc3)c2N2CCN(CC)CC2)C(C)CC)cc1. The number of unbranched alkanes of at least 4 members (excludes halogenated alkanes) is 1. The molecule has 0 aliphatic carbocycles. The largest absolute Gasteiger partial charge is 0.494 e. The van der Waals surface area contributed by atoms with Gasteiger partial charge < -0.3 is 19.4 Å². The van der Waals surface area contributed by atoms with Gasteiger partial charge in [0.25, 0.3) is 5.91 Å². The molecule has 4 rings (SSSR count). The molecule has 1 fully saturated rings. The number of amides is 1. The maximum atomic E-state index is 13.9. The average molecular weight is 532 g/mol. The van der Waals surface area contributed by atoms with E-state index in [0.29, 0.717) is 18.7 Å². The number of anilines is 1. The number of para-hydroxylation sites is 1. The fourth-order valence-electron chi connectivity index (χ4n) is 5.09. The highest BCUT2D eigenvalue weighted by atomic mass is 16.5. The molecule has 1 amide bonds. The van der Waals surface area contributed by atoms with Crippen molar-refractivity contribution in [1.29, 1.82) is 0 Å². The molecular weight excluding hydrogens is 486 g/mol. The van der Waals surface area contributed by atoms with Crippen molar-refractivity contribution in [3.8, 4) is 11.4 Å². The topological polar surface area (TPSA) is 53.8 Å². The summed E-state index contributed by atoms with van der Waals surface area (Å²) in [7, 11) is 0. The lowest BCUT2D eigenvalue weighted by atomic mass is 10.1. The van der Waals surface area contributed by atoms with Crippen LogP contribution in [0.3, 0.4) is 0 Å². The van der Waals surface area contributed by atoms with Gasteiger partial charge in [0.15, 0.2) is 0 Å². The van der Waals surface area contributed by atoms with Gasteiger partial charge in [-0.3, -0.25) is 4.79 Å². The zero-order valence-electron chi connectivity index (χ0n) is 24.4. The van der Waals surface area contributed by atoms with E-state index in [9.17, 15) is 4.79 Å². The molecule has 7 heteroatoms. The number of carbonyl (C=O) groups excluding carboxylic acids is 1. The Morgan fingerprint density at radius 1 is 1.00 bits per heavy atom. The van der Waals surface area contributed by atoms with Crippen LogP contribution in [-0.4, -0.2) is 70.9 Å². The van der Waals surface area contributed by atoms with Crippen LogP contribution >= 0.6 is 0 Å². The summed E-state index contributed by atoms with van der Waals surface area (Å²) in [5.41, 5.74) is 3.81. The molecule has 1 unspecified atom stereocenters. The van der Waals surface area contributed by atoms with Crippen LogP contribution in [-0.2, 0) is 6.54 Å². The summed E-state index contributed by atoms with van der Waals surface area (Å²) in [6.07, 6.45) is 2.99. The molecule has 1 aliphatic rings. The summed E-state index contributed by atoms with van der Waals surface area (Å²) < 4.78 is 7.90. The summed E-state index contributed by atoms with van der Waals surface area (Å²) in [5.74, 6) is 1.96. The normalized spacial score (nSPS) is 14.8. The van der Waals surface area contributed by atoms with E-state index < -0.39 is 0 Å². The number of hydrogen-bond acceptors (Lipinski definition) is 5. The van der Waals surface area contributed by atoms with Crippen LogP contribution in [0.15, 0.2) is 54.6 Å². The van der Waals surface area contributed by atoms with E-state index in [1.54, 1.807) is 0 Å². The Morgan fingerprint density at radius 2 is 1.69 bits per heavy atom. The predicted octanol–water partition coefficient (Wildman–Crippen LogP) is 5.94. The van der Waals surface area contributed by atoms with Crippen LogP contribution in [0.2, 0.25) is 0 Å². The Morgan fingerprint density at radius 3 is 2.31 bits per heavy atom. The van der Waals surface area contributed by atoms with Crippen molar-refractivity contribution in [2.75, 3.05) is 44.2 Å². The van der Waals surface area contributed by atoms with E-state index in [0.717, 1.165) is 80.5 Å². The number of piperazine rings is 1. The Labute approximate surface area is 234 Å². The maximum Gasteiger partial charge on any atom is 0.254 e. The van der Waals surface area contributed by atoms with Crippen molar-refractivity contribution in [3.05, 3.63) is 71.4 Å². The van der Waals surface area contributed by atoms with Crippen molar-refractivity contribution in [2.24, 2.45) is 0 Å². The molecule has 39 heavy (non-hydrogen) atoms. The van der Waals surface area contributed by atoms with Crippen LogP contribution in [0.1, 0.15) is 68.6 Å². The van der Waals surface area contributed by atoms with Crippen molar-refractivity contribution in [1.82, 2.24) is 19.6 Å². The Bertz CT molecular complexity index is 1180. The van der Waals surface area contributed by atoms with Crippen LogP contribution in [0, 0.1) is 6.92 Å². The molecule has 1 aromatic heterocycles. The standard InChI is InChI=1S/C32H45N5O2/c1-6-9-23-39-29-17-15-27(16-18-29)32(38)36(25(4)7-2)24-30-26(5)33-37(28-13-11-10-12-14-28)31(30)35-21-19-34(8-3)20-22-35/h10-18,25H,6-9,19-24H2,1-5H3. The highest BCUT2D eigenvalue weighted by Gasteiger charge is 2.29. The minimum absolute atomic E-state index is 0.0399. The lowest BCUT2D eigenvalue weighted by molar-refractivity contribution is 0.0671. The monoisotopic (exact) mass is 531 g/mol. The fourth-order valence-corrected chi connectivity index (χ4v) is 5.09. The van der Waals surface area contributed by atoms with Gasteiger partial charge in [0, 0.05) is 43.3 Å². The number of benzene rings is 2. The number of ether oxygens (including phenoxy) is 1. The molecule has 3 aromatic rings. The van der Waals surface area contributed by atoms with E-state index in [-0.39, 0.29) is 11.9 Å². The van der Waals surface area contributed by atoms with Crippen LogP contribution < -0.4 is 9.64 Å². The maximum absolute atomic E-state index is 13.9. The summed E-state index contributed by atoms with van der Waals surface area (Å²) in [6, 6.07) is 18.0. The second-order valence-electron chi connectivity index (χ2n) is 10.5. The summed E-state index contributed by atoms with van der Waals surface area (Å²) in [6.45, 7) is 16.9. The minimum atomic E-state index is 0.0399. The van der Waals surface area contributed by atoms with E-state index >= 15 is 0 Å². The van der Waals surface area contributed by atoms with Crippen molar-refractivity contribution >= 4 is 11.7 Å². The summed E-state index contributed by atoms with van der Waals surface area (Å²) >= 11 is 0. The van der Waals surface area contributed by atoms with Gasteiger partial charge in [0.05, 0.1) is 24.5 Å². The second-order valence-corrected chi connectivity index (χ2v) is 10.5. The number of hydrogen-bond donors (Lipinski definition) is 0. The molecule has 0 bridgehead atoms. The molecule has 1 aliphatic heterocycles. The van der Waals surface area contributed by atoms with E-state index in [4.69, 9.17) is 9.84 Å². The number of likely N-dealkylation sites (N-methyl/N-ethyl adjacent to an activating group) is 1. The van der Waals surface area contributed by atoms with Gasteiger partial charge in [-0.2, -0.15) is 5.10 Å². The van der Waals surface area contributed by atoms with Crippen molar-refractivity contribution in [3.63, 3.8) is 0 Å². The first-order chi connectivity index (χ1) is 19.0. The molecule has 0 N–H and O–H groups in total. The predicted molar refractivity (Wildman–Crippen MR) is 159 cm³/mol. The molecule has 210 valence electrons. The molecule has 1 saturated heterocycles. The highest BCUT2D eigenvalue weighted by Crippen LogP contribution is 2.31. The van der Waals surface area contributed by atoms with Gasteiger partial charge in [-0.05, 0) is 69.6 Å². The van der Waals surface area contributed by atoms with Gasteiger partial charge in [-0.15, -0.1) is 0 Å². The van der Waals surface area contributed by atoms with Gasteiger partial charge in [0.2, 0.25) is 0 Å². The number of aryl methyl sites for hydroxylation is 1. The Balaban J connectivity index is 1.66. The van der Waals surface area contributed by atoms with Gasteiger partial charge >= 0.3 is 0 Å². The number of nitrogens with zero attached hydrogens (tertiary/aromatic N) is 5. The summed E-state index contributed by atoms with van der Waals surface area (Å²) in [4.78, 5) is 20.9. The van der Waals surface area contributed by atoms with Crippen LogP contribution in [0.5, 0.6) is 5.75 Å². The molecular formula is C32H45N5O2. The quantitative estimate of drug-likeness (QED) is 0.271.